The number of amides is 2. The van der Waals surface area contributed by atoms with Crippen LogP contribution in [0, 0.1) is 10.1 Å². The van der Waals surface area contributed by atoms with Crippen molar-refractivity contribution in [3.05, 3.63) is 27.8 Å². The Morgan fingerprint density at radius 2 is 1.96 bits per heavy atom. The number of nitrogens with zero attached hydrogens (tertiary/aromatic N) is 1. The van der Waals surface area contributed by atoms with Crippen molar-refractivity contribution >= 4 is 17.5 Å². The molecule has 0 spiro atoms. The molecule has 0 aliphatic rings. The lowest BCUT2D eigenvalue weighted by Crippen LogP contribution is -2.35. The summed E-state index contributed by atoms with van der Waals surface area (Å²) in [5, 5.41) is 16.6. The van der Waals surface area contributed by atoms with Crippen molar-refractivity contribution < 1.29 is 24.0 Å². The van der Waals surface area contributed by atoms with E-state index in [1.165, 1.54) is 13.2 Å². The number of carbonyl (C=O) groups excluding carboxylic acids is 2. The second-order valence-electron chi connectivity index (χ2n) is 5.59. The van der Waals surface area contributed by atoms with Crippen LogP contribution in [0.2, 0.25) is 0 Å². The van der Waals surface area contributed by atoms with Crippen molar-refractivity contribution in [1.82, 2.24) is 10.6 Å². The van der Waals surface area contributed by atoms with Crippen LogP contribution in [-0.2, 0) is 4.79 Å². The molecule has 0 aliphatic carbocycles. The van der Waals surface area contributed by atoms with Crippen LogP contribution in [0.4, 0.5) is 5.69 Å². The average Bonchev–Trinajstić information content (AvgIpc) is 2.61. The quantitative estimate of drug-likeness (QED) is 0.482. The first-order valence-electron chi connectivity index (χ1n) is 8.40. The van der Waals surface area contributed by atoms with Crippen molar-refractivity contribution in [2.24, 2.45) is 0 Å². The molecule has 0 radical (unpaired) electrons. The van der Waals surface area contributed by atoms with Crippen LogP contribution < -0.4 is 20.1 Å². The molecule has 0 bridgehead atoms. The zero-order chi connectivity index (χ0) is 19.7. The van der Waals surface area contributed by atoms with Crippen molar-refractivity contribution in [3.8, 4) is 11.5 Å². The predicted molar refractivity (Wildman–Crippen MR) is 95.7 cm³/mol. The summed E-state index contributed by atoms with van der Waals surface area (Å²) in [6.45, 7) is 5.95. The van der Waals surface area contributed by atoms with Crippen LogP contribution in [0.3, 0.4) is 0 Å². The largest absolute Gasteiger partial charge is 0.493 e. The fourth-order valence-electron chi connectivity index (χ4n) is 2.14. The number of hydrogen-bond donors (Lipinski definition) is 2. The number of methoxy groups -OCH3 is 1. The molecule has 1 aromatic rings. The average molecular weight is 367 g/mol. The Labute approximate surface area is 152 Å². The van der Waals surface area contributed by atoms with Crippen LogP contribution in [0.15, 0.2) is 12.1 Å². The number of rotatable bonds is 10. The minimum absolute atomic E-state index is 0.0506. The molecule has 2 amide bonds. The minimum Gasteiger partial charge on any atom is -0.493 e. The highest BCUT2D eigenvalue weighted by molar-refractivity contribution is 5.99. The van der Waals surface area contributed by atoms with Gasteiger partial charge in [-0.15, -0.1) is 0 Å². The lowest BCUT2D eigenvalue weighted by molar-refractivity contribution is -0.385. The molecule has 1 atom stereocenters. The van der Waals surface area contributed by atoms with E-state index in [1.54, 1.807) is 6.92 Å². The number of nitro benzene ring substituents is 1. The van der Waals surface area contributed by atoms with Gasteiger partial charge in [-0.2, -0.15) is 0 Å². The first-order valence-corrected chi connectivity index (χ1v) is 8.40. The summed E-state index contributed by atoms with van der Waals surface area (Å²) in [6.07, 6.45) is 0.884. The van der Waals surface area contributed by atoms with E-state index in [0.717, 1.165) is 12.5 Å². The zero-order valence-electron chi connectivity index (χ0n) is 15.5. The van der Waals surface area contributed by atoms with Gasteiger partial charge in [0.05, 0.1) is 24.7 Å². The topological polar surface area (TPSA) is 120 Å². The first-order chi connectivity index (χ1) is 12.3. The fraction of sp³-hybridized carbons (Fsp3) is 0.529. The second kappa shape index (κ2) is 10.2. The highest BCUT2D eigenvalue weighted by atomic mass is 16.6. The number of hydrogen-bond acceptors (Lipinski definition) is 6. The second-order valence-corrected chi connectivity index (χ2v) is 5.59. The molecule has 144 valence electrons. The van der Waals surface area contributed by atoms with E-state index in [2.05, 4.69) is 10.6 Å². The van der Waals surface area contributed by atoms with E-state index >= 15 is 0 Å². The molecule has 1 unspecified atom stereocenters. The number of nitrogens with one attached hydrogen (secondary N) is 2. The summed E-state index contributed by atoms with van der Waals surface area (Å²) in [7, 11) is 1.36. The smallest absolute Gasteiger partial charge is 0.286 e. The van der Waals surface area contributed by atoms with Gasteiger partial charge in [0, 0.05) is 25.1 Å². The Hall–Kier alpha value is -2.84. The molecule has 9 heteroatoms. The normalized spacial score (nSPS) is 11.4. The molecule has 0 aromatic heterocycles. The van der Waals surface area contributed by atoms with Crippen LogP contribution in [0.1, 0.15) is 44.0 Å². The minimum atomic E-state index is -0.664. The van der Waals surface area contributed by atoms with Crippen LogP contribution in [-0.4, -0.2) is 43.0 Å². The maximum atomic E-state index is 12.3. The molecule has 0 saturated carbocycles. The first kappa shape index (κ1) is 21.2. The number of ether oxygens (including phenoxy) is 2. The van der Waals surface area contributed by atoms with Crippen molar-refractivity contribution in [2.45, 2.75) is 39.7 Å². The van der Waals surface area contributed by atoms with E-state index in [4.69, 9.17) is 9.47 Å². The van der Waals surface area contributed by atoms with Crippen molar-refractivity contribution in [1.29, 1.82) is 0 Å². The van der Waals surface area contributed by atoms with Gasteiger partial charge in [0.1, 0.15) is 5.56 Å². The molecular formula is C17H25N3O6. The van der Waals surface area contributed by atoms with E-state index in [9.17, 15) is 19.7 Å². The lowest BCUT2D eigenvalue weighted by Gasteiger charge is -2.13. The molecule has 0 heterocycles. The summed E-state index contributed by atoms with van der Waals surface area (Å²) >= 11 is 0. The van der Waals surface area contributed by atoms with Crippen LogP contribution in [0.25, 0.3) is 0 Å². The Morgan fingerprint density at radius 1 is 1.27 bits per heavy atom. The van der Waals surface area contributed by atoms with Crippen LogP contribution in [0.5, 0.6) is 11.5 Å². The third kappa shape index (κ3) is 5.91. The Kier molecular flexibility index (Phi) is 8.33. The zero-order valence-corrected chi connectivity index (χ0v) is 15.5. The summed E-state index contributed by atoms with van der Waals surface area (Å²) in [6, 6.07) is 2.47. The lowest BCUT2D eigenvalue weighted by atomic mass is 10.1. The van der Waals surface area contributed by atoms with Gasteiger partial charge in [0.25, 0.3) is 11.6 Å². The van der Waals surface area contributed by atoms with Gasteiger partial charge in [0.2, 0.25) is 5.91 Å². The summed E-state index contributed by atoms with van der Waals surface area (Å²) in [4.78, 5) is 34.7. The number of benzene rings is 1. The molecular weight excluding hydrogens is 342 g/mol. The van der Waals surface area contributed by atoms with E-state index < -0.39 is 16.5 Å². The Balaban J connectivity index is 2.88. The SMILES string of the molecule is CCOc1cc(C(=O)NCCC(=O)NC(C)CC)c([N+](=O)[O-])cc1OC. The van der Waals surface area contributed by atoms with Crippen LogP contribution >= 0.6 is 0 Å². The summed E-state index contributed by atoms with van der Waals surface area (Å²) in [5.41, 5.74) is -0.548. The predicted octanol–water partition coefficient (Wildman–Crippen LogP) is 2.04. The van der Waals surface area contributed by atoms with Gasteiger partial charge in [-0.05, 0) is 20.3 Å². The van der Waals surface area contributed by atoms with E-state index in [-0.39, 0.29) is 42.0 Å². The highest BCUT2D eigenvalue weighted by Gasteiger charge is 2.24. The standard InChI is InChI=1S/C17H25N3O6/c1-5-11(3)19-16(21)7-8-18-17(22)12-9-15(26-6-2)14(25-4)10-13(12)20(23)24/h9-11H,5-8H2,1-4H3,(H,18,22)(H,19,21). The molecule has 2 N–H and O–H groups in total. The number of nitro groups is 1. The van der Waals surface area contributed by atoms with Gasteiger partial charge in [-0.3, -0.25) is 19.7 Å². The summed E-state index contributed by atoms with van der Waals surface area (Å²) < 4.78 is 10.4. The van der Waals surface area contributed by atoms with Gasteiger partial charge in [-0.25, -0.2) is 0 Å². The fourth-order valence-corrected chi connectivity index (χ4v) is 2.14. The third-order valence-electron chi connectivity index (χ3n) is 3.68. The van der Waals surface area contributed by atoms with Gasteiger partial charge >= 0.3 is 0 Å². The highest BCUT2D eigenvalue weighted by Crippen LogP contribution is 2.34. The maximum absolute atomic E-state index is 12.3. The molecule has 0 aliphatic heterocycles. The monoisotopic (exact) mass is 367 g/mol. The summed E-state index contributed by atoms with van der Waals surface area (Å²) in [5.74, 6) is -0.446. The van der Waals surface area contributed by atoms with Crippen molar-refractivity contribution in [2.75, 3.05) is 20.3 Å². The molecule has 26 heavy (non-hydrogen) atoms. The third-order valence-corrected chi connectivity index (χ3v) is 3.68. The van der Waals surface area contributed by atoms with Gasteiger partial charge < -0.3 is 20.1 Å². The van der Waals surface area contributed by atoms with E-state index in [0.29, 0.717) is 6.61 Å². The van der Waals surface area contributed by atoms with Gasteiger partial charge in [-0.1, -0.05) is 6.92 Å². The Morgan fingerprint density at radius 3 is 2.50 bits per heavy atom. The maximum Gasteiger partial charge on any atom is 0.286 e. The Bertz CT molecular complexity index is 662. The van der Waals surface area contributed by atoms with E-state index in [1.807, 2.05) is 13.8 Å². The molecule has 0 fully saturated rings. The molecule has 1 aromatic carbocycles. The van der Waals surface area contributed by atoms with Crippen molar-refractivity contribution in [3.63, 3.8) is 0 Å². The number of carbonyl (C=O) groups is 2. The molecule has 9 nitrogen and oxygen atoms in total. The van der Waals surface area contributed by atoms with Gasteiger partial charge in [0.15, 0.2) is 11.5 Å². The molecule has 1 rings (SSSR count). The molecule has 0 saturated heterocycles.